The maximum absolute atomic E-state index is 13.1. The number of ether oxygens (including phenoxy) is 1. The minimum absolute atomic E-state index is 0.00450. The summed E-state index contributed by atoms with van der Waals surface area (Å²) in [6.45, 7) is 2.36. The number of unbranched alkanes of at least 4 members (excludes halogenated alkanes) is 1. The number of aliphatic carboxylic acids is 1. The lowest BCUT2D eigenvalue weighted by Gasteiger charge is -2.65. The number of hydrogen-bond acceptors (Lipinski definition) is 10. The summed E-state index contributed by atoms with van der Waals surface area (Å²) < 4.78 is 11.0. The van der Waals surface area contributed by atoms with E-state index in [2.05, 4.69) is 17.2 Å². The van der Waals surface area contributed by atoms with E-state index in [1.54, 1.807) is 6.07 Å². The molecule has 276 valence electrons. The lowest BCUT2D eigenvalue weighted by atomic mass is 9.41. The number of nitrogens with two attached hydrogens (primary N) is 2. The molecule has 1 amide bonds. The summed E-state index contributed by atoms with van der Waals surface area (Å²) in [5.74, 6) is -2.52. The molecule has 9 atom stereocenters. The van der Waals surface area contributed by atoms with Crippen LogP contribution in [0.5, 0.6) is 0 Å². The SMILES string of the molecule is C[C@]12CC[C@H]3[C@@H](CC[C@]4(O)C[C@@H](OC(=O)CCCCC(=O)N[C@@H](CCCN=C(N)N)C(=O)O)CC[C@]34C=O)[C@@]1(O)CC[C@@H]2c1ccc(=O)oc1. The molecule has 0 unspecified atom stereocenters. The highest BCUT2D eigenvalue weighted by Crippen LogP contribution is 2.71. The van der Waals surface area contributed by atoms with Crippen LogP contribution in [-0.2, 0) is 23.9 Å². The van der Waals surface area contributed by atoms with E-state index in [1.165, 1.54) is 12.3 Å². The van der Waals surface area contributed by atoms with E-state index in [0.717, 1.165) is 18.3 Å². The Balaban J connectivity index is 1.12. The molecule has 8 N–H and O–H groups in total. The van der Waals surface area contributed by atoms with Gasteiger partial charge in [-0.15, -0.1) is 0 Å². The van der Waals surface area contributed by atoms with Crippen LogP contribution in [0.25, 0.3) is 0 Å². The summed E-state index contributed by atoms with van der Waals surface area (Å²) in [5, 5.41) is 36.5. The largest absolute Gasteiger partial charge is 0.480 e. The number of carbonyl (C=O) groups is 4. The summed E-state index contributed by atoms with van der Waals surface area (Å²) >= 11 is 0. The number of amides is 1. The van der Waals surface area contributed by atoms with Crippen molar-refractivity contribution >= 4 is 30.1 Å². The van der Waals surface area contributed by atoms with Gasteiger partial charge in [0, 0.05) is 37.3 Å². The standard InChI is InChI=1S/C36H52N4O10/c1-33-14-11-25-26(36(33,48)17-13-24(33)22-8-9-29(43)49-20-22)12-16-35(47)19-23(10-15-34(25,35)21-41)50-30(44)7-3-2-6-28(42)40-27(31(45)46)5-4-18-39-32(37)38/h8-9,20-21,23-27,47-48H,2-7,10-19H2,1H3,(H,40,42)(H,45,46)(H4,37,38,39)/t23-,24+,25-,26+,27-,33+,34-,35-,36-/m0/s1. The Kier molecular flexibility index (Phi) is 11.1. The van der Waals surface area contributed by atoms with Crippen LogP contribution in [-0.4, -0.2) is 75.3 Å². The number of aldehydes is 1. The normalized spacial score (nSPS) is 35.0. The van der Waals surface area contributed by atoms with Crippen LogP contribution >= 0.6 is 0 Å². The van der Waals surface area contributed by atoms with E-state index in [1.807, 2.05) is 0 Å². The number of fused-ring (bicyclic) bond motifs is 5. The Morgan fingerprint density at radius 2 is 1.78 bits per heavy atom. The zero-order valence-electron chi connectivity index (χ0n) is 28.8. The predicted octanol–water partition coefficient (Wildman–Crippen LogP) is 2.27. The number of aliphatic imine (C=N–C) groups is 1. The molecule has 0 saturated heterocycles. The third-order valence-corrected chi connectivity index (χ3v) is 12.7. The van der Waals surface area contributed by atoms with Crippen molar-refractivity contribution in [2.75, 3.05) is 6.54 Å². The average molecular weight is 701 g/mol. The molecule has 0 radical (unpaired) electrons. The maximum Gasteiger partial charge on any atom is 0.335 e. The Morgan fingerprint density at radius 1 is 1.04 bits per heavy atom. The Hall–Kier alpha value is -3.78. The van der Waals surface area contributed by atoms with Crippen LogP contribution in [0.3, 0.4) is 0 Å². The average Bonchev–Trinajstić information content (AvgIpc) is 3.35. The van der Waals surface area contributed by atoms with Crippen molar-refractivity contribution in [2.24, 2.45) is 39.1 Å². The van der Waals surface area contributed by atoms with Crippen molar-refractivity contribution in [3.05, 3.63) is 34.4 Å². The Morgan fingerprint density at radius 3 is 2.46 bits per heavy atom. The third-order valence-electron chi connectivity index (χ3n) is 12.7. The molecule has 0 aliphatic heterocycles. The number of guanidine groups is 1. The molecule has 1 aromatic rings. The first kappa shape index (κ1) is 37.5. The van der Waals surface area contributed by atoms with Gasteiger partial charge in [-0.1, -0.05) is 6.92 Å². The minimum Gasteiger partial charge on any atom is -0.480 e. The summed E-state index contributed by atoms with van der Waals surface area (Å²) in [4.78, 5) is 65.1. The number of hydrogen-bond donors (Lipinski definition) is 6. The van der Waals surface area contributed by atoms with Gasteiger partial charge in [0.2, 0.25) is 5.91 Å². The lowest BCUT2D eigenvalue weighted by Crippen LogP contribution is -2.68. The fourth-order valence-electron chi connectivity index (χ4n) is 10.2. The van der Waals surface area contributed by atoms with Crippen molar-refractivity contribution < 1.29 is 43.7 Å². The van der Waals surface area contributed by atoms with Crippen LogP contribution in [0.2, 0.25) is 0 Å². The van der Waals surface area contributed by atoms with E-state index in [9.17, 15) is 39.3 Å². The molecule has 4 aliphatic carbocycles. The second-order valence-corrected chi connectivity index (χ2v) is 15.3. The molecule has 0 spiro atoms. The zero-order valence-corrected chi connectivity index (χ0v) is 28.8. The van der Waals surface area contributed by atoms with Crippen LogP contribution in [0.4, 0.5) is 0 Å². The van der Waals surface area contributed by atoms with Gasteiger partial charge in [-0.3, -0.25) is 14.6 Å². The first-order valence-corrected chi connectivity index (χ1v) is 17.9. The molecular formula is C36H52N4O10. The van der Waals surface area contributed by atoms with Crippen molar-refractivity contribution in [1.29, 1.82) is 0 Å². The molecule has 0 aromatic carbocycles. The quantitative estimate of drug-likeness (QED) is 0.0538. The van der Waals surface area contributed by atoms with Crippen molar-refractivity contribution in [1.82, 2.24) is 5.32 Å². The van der Waals surface area contributed by atoms with Crippen LogP contribution < -0.4 is 22.4 Å². The van der Waals surface area contributed by atoms with E-state index >= 15 is 0 Å². The summed E-state index contributed by atoms with van der Waals surface area (Å²) in [6.07, 6.45) is 7.61. The molecule has 14 nitrogen and oxygen atoms in total. The Bertz CT molecular complexity index is 1510. The third kappa shape index (κ3) is 7.05. The number of carbonyl (C=O) groups excluding carboxylic acids is 3. The highest BCUT2D eigenvalue weighted by atomic mass is 16.5. The van der Waals surface area contributed by atoms with Crippen molar-refractivity contribution in [3.63, 3.8) is 0 Å². The molecule has 4 fully saturated rings. The fraction of sp³-hybridized carbons (Fsp3) is 0.722. The van der Waals surface area contributed by atoms with Gasteiger partial charge >= 0.3 is 17.6 Å². The van der Waals surface area contributed by atoms with Gasteiger partial charge in [-0.2, -0.15) is 0 Å². The van der Waals surface area contributed by atoms with E-state index < -0.39 is 57.6 Å². The predicted molar refractivity (Wildman–Crippen MR) is 181 cm³/mol. The van der Waals surface area contributed by atoms with Crippen LogP contribution in [0.1, 0.15) is 115 Å². The summed E-state index contributed by atoms with van der Waals surface area (Å²) in [7, 11) is 0. The van der Waals surface area contributed by atoms with Gasteiger partial charge in [-0.25, -0.2) is 9.59 Å². The molecular weight excluding hydrogens is 648 g/mol. The van der Waals surface area contributed by atoms with E-state index in [4.69, 9.17) is 20.6 Å². The number of carboxylic acids is 1. The van der Waals surface area contributed by atoms with E-state index in [0.29, 0.717) is 64.2 Å². The maximum atomic E-state index is 13.1. The van der Waals surface area contributed by atoms with Gasteiger partial charge < -0.3 is 46.1 Å². The Labute approximate surface area is 291 Å². The first-order chi connectivity index (χ1) is 23.7. The first-order valence-electron chi connectivity index (χ1n) is 17.9. The molecule has 14 heteroatoms. The number of carboxylic acid groups (broad SMARTS) is 1. The van der Waals surface area contributed by atoms with E-state index in [-0.39, 0.29) is 55.9 Å². The van der Waals surface area contributed by atoms with Crippen molar-refractivity contribution in [3.8, 4) is 0 Å². The van der Waals surface area contributed by atoms with Crippen LogP contribution in [0, 0.1) is 22.7 Å². The van der Waals surface area contributed by atoms with Gasteiger partial charge in [0.15, 0.2) is 5.96 Å². The van der Waals surface area contributed by atoms with Crippen LogP contribution in [0.15, 0.2) is 32.6 Å². The number of rotatable bonds is 14. The smallest absolute Gasteiger partial charge is 0.335 e. The van der Waals surface area contributed by atoms with Gasteiger partial charge in [-0.05, 0) is 106 Å². The number of nitrogens with one attached hydrogen (secondary N) is 1. The second-order valence-electron chi connectivity index (χ2n) is 15.3. The molecule has 4 aliphatic rings. The highest BCUT2D eigenvalue weighted by Gasteiger charge is 2.71. The fourth-order valence-corrected chi connectivity index (χ4v) is 10.2. The second kappa shape index (κ2) is 14.8. The monoisotopic (exact) mass is 700 g/mol. The molecule has 0 bridgehead atoms. The summed E-state index contributed by atoms with van der Waals surface area (Å²) in [6, 6.07) is 2.13. The van der Waals surface area contributed by atoms with Gasteiger partial charge in [0.1, 0.15) is 18.4 Å². The number of aliphatic hydroxyl groups is 2. The molecule has 50 heavy (non-hydrogen) atoms. The van der Waals surface area contributed by atoms with Crippen molar-refractivity contribution in [2.45, 2.75) is 133 Å². The van der Waals surface area contributed by atoms with Gasteiger partial charge in [0.05, 0.1) is 22.9 Å². The summed E-state index contributed by atoms with van der Waals surface area (Å²) in [5.41, 5.74) is 7.06. The zero-order chi connectivity index (χ0) is 36.3. The molecule has 4 saturated carbocycles. The number of esters is 1. The lowest BCUT2D eigenvalue weighted by molar-refractivity contribution is -0.248. The van der Waals surface area contributed by atoms with Gasteiger partial charge in [0.25, 0.3) is 0 Å². The molecule has 1 heterocycles. The molecule has 5 rings (SSSR count). The topological polar surface area (TPSA) is 245 Å². The minimum atomic E-state index is -1.37. The molecule has 1 aromatic heterocycles. The number of nitrogens with zero attached hydrogens (tertiary/aromatic N) is 1. The highest BCUT2D eigenvalue weighted by molar-refractivity contribution is 5.83.